The van der Waals surface area contributed by atoms with E-state index >= 15 is 0 Å². The summed E-state index contributed by atoms with van der Waals surface area (Å²) in [4.78, 5) is 4.60. The molecule has 2 aromatic heterocycles. The van der Waals surface area contributed by atoms with Gasteiger partial charge in [-0.05, 0) is 52.0 Å². The fraction of sp³-hybridized carbons (Fsp3) is 0.364. The molecule has 0 aliphatic rings. The van der Waals surface area contributed by atoms with Crippen molar-refractivity contribution in [3.05, 3.63) is 71.4 Å². The van der Waals surface area contributed by atoms with E-state index in [9.17, 15) is 5.11 Å². The number of aryl methyl sites for hydroxylation is 2. The first kappa shape index (κ1) is 23.9. The molecule has 1 atom stereocenters. The summed E-state index contributed by atoms with van der Waals surface area (Å²) in [5, 5.41) is 21.9. The van der Waals surface area contributed by atoms with Gasteiger partial charge in [0.15, 0.2) is 5.96 Å². The molecule has 3 aromatic rings. The molecule has 1 aromatic carbocycles. The molecule has 8 heteroatoms. The van der Waals surface area contributed by atoms with Gasteiger partial charge in [0.25, 0.3) is 0 Å². The molecule has 0 radical (unpaired) electrons. The third-order valence-corrected chi connectivity index (χ3v) is 4.63. The van der Waals surface area contributed by atoms with Crippen LogP contribution in [-0.4, -0.2) is 33.9 Å². The summed E-state index contributed by atoms with van der Waals surface area (Å²) >= 11 is 0. The highest BCUT2D eigenvalue weighted by atomic mass is 127. The maximum atomic E-state index is 10.9. The lowest BCUT2D eigenvalue weighted by atomic mass is 9.96. The van der Waals surface area contributed by atoms with Crippen LogP contribution in [0.1, 0.15) is 36.6 Å². The number of halogens is 1. The van der Waals surface area contributed by atoms with Gasteiger partial charge in [0, 0.05) is 18.3 Å². The van der Waals surface area contributed by atoms with Gasteiger partial charge < -0.3 is 20.2 Å². The monoisotopic (exact) mass is 523 g/mol. The second-order valence-corrected chi connectivity index (χ2v) is 7.24. The van der Waals surface area contributed by atoms with E-state index in [2.05, 4.69) is 20.7 Å². The number of nitrogens with one attached hydrogen (secondary N) is 2. The number of nitrogens with zero attached hydrogens (tertiary/aromatic N) is 3. The van der Waals surface area contributed by atoms with Crippen molar-refractivity contribution in [2.24, 2.45) is 4.99 Å². The minimum Gasteiger partial charge on any atom is -0.466 e. The third kappa shape index (κ3) is 6.09. The number of hydrogen-bond donors (Lipinski definition) is 3. The molecule has 0 spiro atoms. The molecule has 0 bridgehead atoms. The lowest BCUT2D eigenvalue weighted by molar-refractivity contribution is 0.0601. The number of aromatic nitrogens is 2. The smallest absolute Gasteiger partial charge is 0.191 e. The summed E-state index contributed by atoms with van der Waals surface area (Å²) in [6.07, 6.45) is 1.93. The van der Waals surface area contributed by atoms with Gasteiger partial charge in [-0.25, -0.2) is 9.67 Å². The SMILES string of the molecule is CCNC(=NCc1ccn(-c2ccccc2)n1)NCC(C)(O)c1cc(C)oc1C.I. The molecule has 0 amide bonds. The molecule has 0 fully saturated rings. The van der Waals surface area contributed by atoms with Gasteiger partial charge in [-0.1, -0.05) is 18.2 Å². The zero-order valence-electron chi connectivity index (χ0n) is 17.8. The van der Waals surface area contributed by atoms with Crippen LogP contribution in [0.25, 0.3) is 5.69 Å². The molecular weight excluding hydrogens is 493 g/mol. The molecule has 3 N–H and O–H groups in total. The van der Waals surface area contributed by atoms with Gasteiger partial charge in [-0.15, -0.1) is 24.0 Å². The minimum absolute atomic E-state index is 0. The fourth-order valence-corrected chi connectivity index (χ4v) is 3.19. The van der Waals surface area contributed by atoms with E-state index in [1.165, 1.54) is 0 Å². The van der Waals surface area contributed by atoms with Crippen molar-refractivity contribution < 1.29 is 9.52 Å². The van der Waals surface area contributed by atoms with Crippen LogP contribution >= 0.6 is 24.0 Å². The molecule has 1 unspecified atom stereocenters. The van der Waals surface area contributed by atoms with Crippen molar-refractivity contribution in [2.45, 2.75) is 39.8 Å². The minimum atomic E-state index is -1.08. The third-order valence-electron chi connectivity index (χ3n) is 4.63. The van der Waals surface area contributed by atoms with Gasteiger partial charge in [0.2, 0.25) is 0 Å². The number of hydrogen-bond acceptors (Lipinski definition) is 4. The average Bonchev–Trinajstić information content (AvgIpc) is 3.31. The van der Waals surface area contributed by atoms with Crippen LogP contribution in [0.5, 0.6) is 0 Å². The predicted octanol–water partition coefficient (Wildman–Crippen LogP) is 3.66. The van der Waals surface area contributed by atoms with E-state index in [0.717, 1.165) is 35.0 Å². The van der Waals surface area contributed by atoms with Crippen LogP contribution in [0.3, 0.4) is 0 Å². The highest BCUT2D eigenvalue weighted by Crippen LogP contribution is 2.26. The normalized spacial score (nSPS) is 13.4. The van der Waals surface area contributed by atoms with Crippen molar-refractivity contribution in [1.82, 2.24) is 20.4 Å². The highest BCUT2D eigenvalue weighted by Gasteiger charge is 2.27. The Hall–Kier alpha value is -2.33. The largest absolute Gasteiger partial charge is 0.466 e. The molecule has 162 valence electrons. The average molecular weight is 523 g/mol. The Morgan fingerprint density at radius 3 is 2.57 bits per heavy atom. The highest BCUT2D eigenvalue weighted by molar-refractivity contribution is 14.0. The summed E-state index contributed by atoms with van der Waals surface area (Å²) in [6, 6.07) is 13.8. The Balaban J connectivity index is 0.00000320. The van der Waals surface area contributed by atoms with Crippen LogP contribution in [0.2, 0.25) is 0 Å². The zero-order valence-corrected chi connectivity index (χ0v) is 20.2. The summed E-state index contributed by atoms with van der Waals surface area (Å²) < 4.78 is 7.39. The molecule has 0 aliphatic heterocycles. The first-order chi connectivity index (χ1) is 13.9. The van der Waals surface area contributed by atoms with Gasteiger partial charge in [0.1, 0.15) is 17.1 Å². The molecule has 0 saturated heterocycles. The van der Waals surface area contributed by atoms with Crippen molar-refractivity contribution >= 4 is 29.9 Å². The lowest BCUT2D eigenvalue weighted by Crippen LogP contribution is -2.44. The van der Waals surface area contributed by atoms with Gasteiger partial charge >= 0.3 is 0 Å². The van der Waals surface area contributed by atoms with Gasteiger partial charge in [0.05, 0.1) is 24.5 Å². The van der Waals surface area contributed by atoms with Crippen molar-refractivity contribution in [2.75, 3.05) is 13.1 Å². The Labute approximate surface area is 194 Å². The maximum Gasteiger partial charge on any atom is 0.191 e. The number of para-hydroxylation sites is 1. The van der Waals surface area contributed by atoms with Crippen LogP contribution < -0.4 is 10.6 Å². The number of furan rings is 1. The van der Waals surface area contributed by atoms with Crippen LogP contribution in [0.15, 0.2) is 58.1 Å². The van der Waals surface area contributed by atoms with E-state index in [4.69, 9.17) is 4.42 Å². The second-order valence-electron chi connectivity index (χ2n) is 7.24. The number of guanidine groups is 1. The summed E-state index contributed by atoms with van der Waals surface area (Å²) in [7, 11) is 0. The standard InChI is InChI=1S/C22H29N5O2.HI/c1-5-23-21(25-15-22(4,28)20-13-16(2)29-17(20)3)24-14-18-11-12-27(26-18)19-9-7-6-8-10-19;/h6-13,28H,5,14-15H2,1-4H3,(H2,23,24,25);1H. The number of benzene rings is 1. The zero-order chi connectivity index (χ0) is 20.9. The van der Waals surface area contributed by atoms with Crippen LogP contribution in [0.4, 0.5) is 0 Å². The molecule has 2 heterocycles. The van der Waals surface area contributed by atoms with E-state index in [-0.39, 0.29) is 24.0 Å². The van der Waals surface area contributed by atoms with E-state index in [1.807, 2.05) is 74.1 Å². The first-order valence-electron chi connectivity index (χ1n) is 9.81. The topological polar surface area (TPSA) is 87.6 Å². The quantitative estimate of drug-likeness (QED) is 0.250. The summed E-state index contributed by atoms with van der Waals surface area (Å²) in [5.74, 6) is 2.13. The van der Waals surface area contributed by atoms with Crippen LogP contribution in [-0.2, 0) is 12.1 Å². The van der Waals surface area contributed by atoms with E-state index in [1.54, 1.807) is 6.92 Å². The molecule has 30 heavy (non-hydrogen) atoms. The van der Waals surface area contributed by atoms with E-state index < -0.39 is 5.60 Å². The number of aliphatic imine (C=N–C) groups is 1. The van der Waals surface area contributed by atoms with Crippen molar-refractivity contribution in [3.8, 4) is 5.69 Å². The predicted molar refractivity (Wildman–Crippen MR) is 130 cm³/mol. The Kier molecular flexibility index (Phi) is 8.48. The van der Waals surface area contributed by atoms with Crippen molar-refractivity contribution in [3.63, 3.8) is 0 Å². The Morgan fingerprint density at radius 2 is 1.93 bits per heavy atom. The van der Waals surface area contributed by atoms with E-state index in [0.29, 0.717) is 19.0 Å². The molecule has 0 aliphatic carbocycles. The van der Waals surface area contributed by atoms with Gasteiger partial charge in [-0.3, -0.25) is 0 Å². The maximum absolute atomic E-state index is 10.9. The number of rotatable bonds is 7. The summed E-state index contributed by atoms with van der Waals surface area (Å²) in [6.45, 7) is 8.96. The first-order valence-corrected chi connectivity index (χ1v) is 9.81. The Bertz CT molecular complexity index is 963. The van der Waals surface area contributed by atoms with Crippen molar-refractivity contribution in [1.29, 1.82) is 0 Å². The summed E-state index contributed by atoms with van der Waals surface area (Å²) in [5.41, 5.74) is 1.57. The molecule has 0 saturated carbocycles. The number of aliphatic hydroxyl groups is 1. The molecule has 7 nitrogen and oxygen atoms in total. The lowest BCUT2D eigenvalue weighted by Gasteiger charge is -2.24. The molecule has 3 rings (SSSR count). The Morgan fingerprint density at radius 1 is 1.20 bits per heavy atom. The second kappa shape index (κ2) is 10.6. The molecular formula is C22H30IN5O2. The van der Waals surface area contributed by atoms with Crippen LogP contribution in [0, 0.1) is 13.8 Å². The van der Waals surface area contributed by atoms with Gasteiger partial charge in [-0.2, -0.15) is 5.10 Å². The fourth-order valence-electron chi connectivity index (χ4n) is 3.19.